The first kappa shape index (κ1) is 14.6. The monoisotopic (exact) mass is 266 g/mol. The molecular weight excluding hydrogens is 248 g/mol. The zero-order valence-electron chi connectivity index (χ0n) is 10.4. The number of rotatable bonds is 7. The van der Waals surface area contributed by atoms with Gasteiger partial charge in [0.25, 0.3) is 0 Å². The molecule has 0 fully saturated rings. The summed E-state index contributed by atoms with van der Waals surface area (Å²) < 4.78 is 0. The summed E-state index contributed by atoms with van der Waals surface area (Å²) in [5.41, 5.74) is 1.19. The minimum absolute atomic E-state index is 0.0541. The lowest BCUT2D eigenvalue weighted by Gasteiger charge is -2.05. The van der Waals surface area contributed by atoms with Gasteiger partial charge < -0.3 is 10.6 Å². The molecule has 0 aliphatic carbocycles. The van der Waals surface area contributed by atoms with E-state index in [9.17, 15) is 9.59 Å². The van der Waals surface area contributed by atoms with Crippen LogP contribution in [0.1, 0.15) is 12.5 Å². The van der Waals surface area contributed by atoms with Gasteiger partial charge in [0, 0.05) is 12.3 Å². The molecule has 0 atom stereocenters. The van der Waals surface area contributed by atoms with E-state index >= 15 is 0 Å². The molecule has 0 spiro atoms. The molecule has 0 heterocycles. The van der Waals surface area contributed by atoms with Gasteiger partial charge in [0.05, 0.1) is 12.3 Å². The van der Waals surface area contributed by atoms with Crippen molar-refractivity contribution in [2.24, 2.45) is 0 Å². The summed E-state index contributed by atoms with van der Waals surface area (Å²) in [6, 6.07) is 9.97. The van der Waals surface area contributed by atoms with Crippen LogP contribution in [0, 0.1) is 0 Å². The molecule has 4 nitrogen and oxygen atoms in total. The lowest BCUT2D eigenvalue weighted by molar-refractivity contribution is -0.124. The molecule has 5 heteroatoms. The number of amides is 2. The second-order valence-electron chi connectivity index (χ2n) is 3.71. The van der Waals surface area contributed by atoms with E-state index in [4.69, 9.17) is 0 Å². The highest BCUT2D eigenvalue weighted by atomic mass is 32.2. The maximum atomic E-state index is 11.4. The molecule has 98 valence electrons. The van der Waals surface area contributed by atoms with Crippen LogP contribution in [0.4, 0.5) is 0 Å². The van der Waals surface area contributed by atoms with Crippen molar-refractivity contribution in [3.63, 3.8) is 0 Å². The van der Waals surface area contributed by atoms with Crippen LogP contribution >= 0.6 is 11.8 Å². The molecule has 0 aliphatic heterocycles. The average Bonchev–Trinajstić information content (AvgIpc) is 2.38. The lowest BCUT2D eigenvalue weighted by Crippen LogP contribution is -2.37. The number of likely N-dealkylation sites (N-methyl/N-ethyl adjacent to an activating group) is 1. The van der Waals surface area contributed by atoms with Crippen molar-refractivity contribution in [1.29, 1.82) is 0 Å². The van der Waals surface area contributed by atoms with E-state index in [0.717, 1.165) is 5.75 Å². The molecule has 0 aromatic heterocycles. The van der Waals surface area contributed by atoms with Gasteiger partial charge in [-0.05, 0) is 12.5 Å². The fourth-order valence-corrected chi connectivity index (χ4v) is 2.14. The van der Waals surface area contributed by atoms with Gasteiger partial charge in [-0.25, -0.2) is 0 Å². The minimum Gasteiger partial charge on any atom is -0.355 e. The van der Waals surface area contributed by atoms with Gasteiger partial charge in [-0.15, -0.1) is 11.8 Å². The van der Waals surface area contributed by atoms with Crippen molar-refractivity contribution in [3.8, 4) is 0 Å². The van der Waals surface area contributed by atoms with Crippen molar-refractivity contribution >= 4 is 23.6 Å². The van der Waals surface area contributed by atoms with Crippen LogP contribution in [0.2, 0.25) is 0 Å². The zero-order valence-corrected chi connectivity index (χ0v) is 11.3. The normalized spacial score (nSPS) is 9.83. The number of hydrogen-bond donors (Lipinski definition) is 2. The predicted molar refractivity (Wildman–Crippen MR) is 74.3 cm³/mol. The molecule has 18 heavy (non-hydrogen) atoms. The Morgan fingerprint density at radius 1 is 1.11 bits per heavy atom. The van der Waals surface area contributed by atoms with Gasteiger partial charge in [-0.1, -0.05) is 30.3 Å². The van der Waals surface area contributed by atoms with Crippen molar-refractivity contribution in [2.45, 2.75) is 12.7 Å². The molecule has 2 N–H and O–H groups in total. The average molecular weight is 266 g/mol. The summed E-state index contributed by atoms with van der Waals surface area (Å²) in [5, 5.41) is 5.20. The Morgan fingerprint density at radius 3 is 2.50 bits per heavy atom. The van der Waals surface area contributed by atoms with E-state index in [1.165, 1.54) is 17.3 Å². The van der Waals surface area contributed by atoms with Gasteiger partial charge in [0.2, 0.25) is 11.8 Å². The minimum atomic E-state index is -0.154. The molecule has 0 saturated heterocycles. The van der Waals surface area contributed by atoms with E-state index in [-0.39, 0.29) is 18.4 Å². The standard InChI is InChI=1S/C13H18N2O2S/c1-2-14-12(16)8-15-13(17)10-18-9-11-6-4-3-5-7-11/h3-7H,2,8-10H2,1H3,(H,14,16)(H,15,17). The van der Waals surface area contributed by atoms with Crippen LogP contribution in [-0.2, 0) is 15.3 Å². The largest absolute Gasteiger partial charge is 0.355 e. The summed E-state index contributed by atoms with van der Waals surface area (Å²) in [6.45, 7) is 2.48. The van der Waals surface area contributed by atoms with Crippen molar-refractivity contribution < 1.29 is 9.59 Å². The molecule has 0 radical (unpaired) electrons. The molecule has 1 aromatic rings. The zero-order chi connectivity index (χ0) is 13.2. The maximum absolute atomic E-state index is 11.4. The highest BCUT2D eigenvalue weighted by Crippen LogP contribution is 2.10. The van der Waals surface area contributed by atoms with Crippen LogP contribution in [0.5, 0.6) is 0 Å². The van der Waals surface area contributed by atoms with E-state index in [1.807, 2.05) is 37.3 Å². The van der Waals surface area contributed by atoms with Gasteiger partial charge in [0.15, 0.2) is 0 Å². The van der Waals surface area contributed by atoms with Gasteiger partial charge in [-0.3, -0.25) is 9.59 Å². The van der Waals surface area contributed by atoms with E-state index in [0.29, 0.717) is 12.3 Å². The summed E-state index contributed by atoms with van der Waals surface area (Å²) >= 11 is 1.54. The second-order valence-corrected chi connectivity index (χ2v) is 4.69. The Morgan fingerprint density at radius 2 is 1.83 bits per heavy atom. The molecule has 0 aliphatic rings. The summed E-state index contributed by atoms with van der Waals surface area (Å²) in [7, 11) is 0. The summed E-state index contributed by atoms with van der Waals surface area (Å²) in [6.07, 6.45) is 0. The van der Waals surface area contributed by atoms with Crippen LogP contribution in [0.15, 0.2) is 30.3 Å². The highest BCUT2D eigenvalue weighted by Gasteiger charge is 2.04. The first-order valence-corrected chi connectivity index (χ1v) is 7.03. The van der Waals surface area contributed by atoms with Gasteiger partial charge in [0.1, 0.15) is 0 Å². The molecule has 0 bridgehead atoms. The van der Waals surface area contributed by atoms with E-state index in [1.54, 1.807) is 0 Å². The third-order valence-corrected chi connectivity index (χ3v) is 3.17. The predicted octanol–water partition coefficient (Wildman–Crippen LogP) is 1.17. The van der Waals surface area contributed by atoms with Crippen molar-refractivity contribution in [2.75, 3.05) is 18.8 Å². The number of thioether (sulfide) groups is 1. The summed E-state index contributed by atoms with van der Waals surface area (Å²) in [4.78, 5) is 22.5. The van der Waals surface area contributed by atoms with Crippen LogP contribution < -0.4 is 10.6 Å². The Kier molecular flexibility index (Phi) is 6.94. The smallest absolute Gasteiger partial charge is 0.239 e. The van der Waals surface area contributed by atoms with Crippen LogP contribution in [0.3, 0.4) is 0 Å². The van der Waals surface area contributed by atoms with Crippen molar-refractivity contribution in [1.82, 2.24) is 10.6 Å². The Balaban J connectivity index is 2.12. The second kappa shape index (κ2) is 8.58. The Hall–Kier alpha value is -1.49. The lowest BCUT2D eigenvalue weighted by atomic mass is 10.2. The molecular formula is C13H18N2O2S. The van der Waals surface area contributed by atoms with E-state index in [2.05, 4.69) is 10.6 Å². The number of carbonyl (C=O) groups excluding carboxylic acids is 2. The first-order valence-electron chi connectivity index (χ1n) is 5.87. The van der Waals surface area contributed by atoms with Crippen molar-refractivity contribution in [3.05, 3.63) is 35.9 Å². The number of hydrogen-bond acceptors (Lipinski definition) is 3. The first-order chi connectivity index (χ1) is 8.72. The highest BCUT2D eigenvalue weighted by molar-refractivity contribution is 7.99. The molecule has 1 rings (SSSR count). The maximum Gasteiger partial charge on any atom is 0.239 e. The fraction of sp³-hybridized carbons (Fsp3) is 0.385. The Bertz CT molecular complexity index is 382. The molecule has 2 amide bonds. The summed E-state index contributed by atoms with van der Waals surface area (Å²) in [5.74, 6) is 0.907. The number of benzene rings is 1. The third-order valence-electron chi connectivity index (χ3n) is 2.16. The van der Waals surface area contributed by atoms with Crippen LogP contribution in [0.25, 0.3) is 0 Å². The van der Waals surface area contributed by atoms with Gasteiger partial charge >= 0.3 is 0 Å². The topological polar surface area (TPSA) is 58.2 Å². The quantitative estimate of drug-likeness (QED) is 0.779. The fourth-order valence-electron chi connectivity index (χ4n) is 1.33. The van der Waals surface area contributed by atoms with Gasteiger partial charge in [-0.2, -0.15) is 0 Å². The number of nitrogens with one attached hydrogen (secondary N) is 2. The van der Waals surface area contributed by atoms with E-state index < -0.39 is 0 Å². The van der Waals surface area contributed by atoms with Crippen LogP contribution in [-0.4, -0.2) is 30.7 Å². The third kappa shape index (κ3) is 6.30. The molecule has 1 aromatic carbocycles. The molecule has 0 saturated carbocycles. The molecule has 0 unspecified atom stereocenters. The SMILES string of the molecule is CCNC(=O)CNC(=O)CSCc1ccccc1. The Labute approximate surface area is 112 Å². The number of carbonyl (C=O) groups is 2.